The molecule has 5 nitrogen and oxygen atoms in total. The summed E-state index contributed by atoms with van der Waals surface area (Å²) in [6.45, 7) is 2.17. The van der Waals surface area contributed by atoms with Crippen LogP contribution in [0.4, 0.5) is 5.69 Å². The maximum atomic E-state index is 12.7. The summed E-state index contributed by atoms with van der Waals surface area (Å²) in [4.78, 5) is 12.9. The van der Waals surface area contributed by atoms with Gasteiger partial charge in [0.05, 0.1) is 10.6 Å². The number of carbonyl (C=O) groups excluding carboxylic acids is 1. The Morgan fingerprint density at radius 3 is 2.32 bits per heavy atom. The normalized spacial score (nSPS) is 11.3. The van der Waals surface area contributed by atoms with Crippen LogP contribution >= 0.6 is 0 Å². The summed E-state index contributed by atoms with van der Waals surface area (Å²) in [6.07, 6.45) is 0. The summed E-state index contributed by atoms with van der Waals surface area (Å²) in [5, 5.41) is 5.18. The maximum absolute atomic E-state index is 12.7. The van der Waals surface area contributed by atoms with Gasteiger partial charge in [-0.1, -0.05) is 60.7 Å². The summed E-state index contributed by atoms with van der Waals surface area (Å²) >= 11 is 0. The maximum Gasteiger partial charge on any atom is 0.261 e. The van der Waals surface area contributed by atoms with Crippen molar-refractivity contribution in [3.05, 3.63) is 108 Å². The highest BCUT2D eigenvalue weighted by atomic mass is 32.2. The summed E-state index contributed by atoms with van der Waals surface area (Å²) < 4.78 is 27.7. The van der Waals surface area contributed by atoms with Crippen LogP contribution in [-0.2, 0) is 16.6 Å². The number of hydrogen-bond acceptors (Lipinski definition) is 3. The van der Waals surface area contributed by atoms with Crippen LogP contribution in [0.2, 0.25) is 0 Å². The molecule has 1 amide bonds. The van der Waals surface area contributed by atoms with Crippen LogP contribution in [0, 0.1) is 6.92 Å². The lowest BCUT2D eigenvalue weighted by Gasteiger charge is -2.13. The third-order valence-electron chi connectivity index (χ3n) is 5.11. The minimum atomic E-state index is -3.69. The van der Waals surface area contributed by atoms with Gasteiger partial charge in [-0.25, -0.2) is 8.42 Å². The van der Waals surface area contributed by atoms with Crippen molar-refractivity contribution < 1.29 is 13.2 Å². The Hall–Kier alpha value is -3.64. The molecule has 0 radical (unpaired) electrons. The highest BCUT2D eigenvalue weighted by Gasteiger charge is 2.16. The predicted octanol–water partition coefficient (Wildman–Crippen LogP) is 4.88. The van der Waals surface area contributed by atoms with E-state index < -0.39 is 10.0 Å². The fourth-order valence-electron chi connectivity index (χ4n) is 3.45. The van der Waals surface area contributed by atoms with Gasteiger partial charge in [0.15, 0.2) is 0 Å². The Balaban J connectivity index is 1.48. The second kappa shape index (κ2) is 8.62. The van der Waals surface area contributed by atoms with Gasteiger partial charge in [-0.3, -0.25) is 9.52 Å². The van der Waals surface area contributed by atoms with Gasteiger partial charge in [0, 0.05) is 12.1 Å². The van der Waals surface area contributed by atoms with E-state index in [1.54, 1.807) is 43.3 Å². The van der Waals surface area contributed by atoms with Gasteiger partial charge in [0.1, 0.15) is 0 Å². The lowest BCUT2D eigenvalue weighted by atomic mass is 10.0. The first-order chi connectivity index (χ1) is 14.9. The fraction of sp³-hybridized carbons (Fsp3) is 0.0800. The van der Waals surface area contributed by atoms with Crippen LogP contribution in [0.15, 0.2) is 95.9 Å². The molecule has 0 aliphatic rings. The second-order valence-corrected chi connectivity index (χ2v) is 8.95. The number of hydrogen-bond donors (Lipinski definition) is 2. The van der Waals surface area contributed by atoms with Crippen molar-refractivity contribution >= 4 is 32.4 Å². The van der Waals surface area contributed by atoms with Gasteiger partial charge < -0.3 is 5.32 Å². The number of aryl methyl sites for hydroxylation is 1. The average Bonchev–Trinajstić information content (AvgIpc) is 2.79. The van der Waals surface area contributed by atoms with Crippen LogP contribution in [0.1, 0.15) is 21.5 Å². The zero-order valence-electron chi connectivity index (χ0n) is 17.0. The molecule has 0 saturated carbocycles. The van der Waals surface area contributed by atoms with Gasteiger partial charge in [-0.15, -0.1) is 0 Å². The van der Waals surface area contributed by atoms with E-state index in [2.05, 4.69) is 10.0 Å². The van der Waals surface area contributed by atoms with E-state index in [9.17, 15) is 13.2 Å². The third kappa shape index (κ3) is 4.59. The Bertz CT molecular complexity index is 1340. The number of benzene rings is 4. The minimum absolute atomic E-state index is 0.186. The van der Waals surface area contributed by atoms with Gasteiger partial charge in [0.25, 0.3) is 15.9 Å². The molecule has 0 bridgehead atoms. The Morgan fingerprint density at radius 1 is 0.839 bits per heavy atom. The molecule has 4 aromatic carbocycles. The number of anilines is 1. The van der Waals surface area contributed by atoms with Gasteiger partial charge in [-0.05, 0) is 59.2 Å². The van der Waals surface area contributed by atoms with Crippen molar-refractivity contribution in [1.29, 1.82) is 0 Å². The number of fused-ring (bicyclic) bond motifs is 1. The van der Waals surface area contributed by atoms with Crippen molar-refractivity contribution in [3.63, 3.8) is 0 Å². The van der Waals surface area contributed by atoms with E-state index in [0.29, 0.717) is 23.4 Å². The molecular formula is C25H22N2O3S. The smallest absolute Gasteiger partial charge is 0.261 e. The molecule has 0 heterocycles. The molecule has 6 heteroatoms. The molecule has 2 N–H and O–H groups in total. The molecule has 4 rings (SSSR count). The Kier molecular flexibility index (Phi) is 5.73. The van der Waals surface area contributed by atoms with Crippen molar-refractivity contribution in [3.8, 4) is 0 Å². The number of sulfonamides is 1. The zero-order valence-corrected chi connectivity index (χ0v) is 17.8. The molecule has 0 aromatic heterocycles. The molecule has 0 saturated heterocycles. The molecule has 0 spiro atoms. The number of carbonyl (C=O) groups is 1. The average molecular weight is 431 g/mol. The monoisotopic (exact) mass is 430 g/mol. The first-order valence-electron chi connectivity index (χ1n) is 9.87. The van der Waals surface area contributed by atoms with Crippen LogP contribution in [0.25, 0.3) is 10.8 Å². The van der Waals surface area contributed by atoms with Crippen LogP contribution in [0.5, 0.6) is 0 Å². The lowest BCUT2D eigenvalue weighted by Crippen LogP contribution is -2.23. The first kappa shape index (κ1) is 20.6. The molecule has 0 aliphatic heterocycles. The largest absolute Gasteiger partial charge is 0.348 e. The minimum Gasteiger partial charge on any atom is -0.348 e. The Morgan fingerprint density at radius 2 is 1.55 bits per heavy atom. The van der Waals surface area contributed by atoms with Crippen LogP contribution in [0.3, 0.4) is 0 Å². The van der Waals surface area contributed by atoms with Crippen molar-refractivity contribution in [2.75, 3.05) is 4.72 Å². The molecular weight excluding hydrogens is 408 g/mol. The van der Waals surface area contributed by atoms with E-state index in [0.717, 1.165) is 16.3 Å². The van der Waals surface area contributed by atoms with E-state index in [1.165, 1.54) is 12.1 Å². The molecule has 0 unspecified atom stereocenters. The van der Waals surface area contributed by atoms with Crippen molar-refractivity contribution in [2.24, 2.45) is 0 Å². The lowest BCUT2D eigenvalue weighted by molar-refractivity contribution is 0.0951. The zero-order chi connectivity index (χ0) is 21.8. The topological polar surface area (TPSA) is 75.3 Å². The number of rotatable bonds is 6. The van der Waals surface area contributed by atoms with E-state index in [1.807, 2.05) is 42.5 Å². The summed E-state index contributed by atoms with van der Waals surface area (Å²) in [5.74, 6) is -0.214. The van der Waals surface area contributed by atoms with E-state index in [4.69, 9.17) is 0 Å². The van der Waals surface area contributed by atoms with E-state index >= 15 is 0 Å². The number of amides is 1. The molecule has 0 fully saturated rings. The first-order valence-corrected chi connectivity index (χ1v) is 11.4. The van der Waals surface area contributed by atoms with Crippen LogP contribution in [-0.4, -0.2) is 14.3 Å². The van der Waals surface area contributed by atoms with Gasteiger partial charge in [0.2, 0.25) is 0 Å². The molecule has 0 atom stereocenters. The Labute approximate surface area is 181 Å². The highest BCUT2D eigenvalue weighted by Crippen LogP contribution is 2.22. The molecule has 156 valence electrons. The standard InChI is InChI=1S/C25H22N2O3S/c1-18-16-20(14-15-24(18)27-31(29,30)22-11-3-2-4-12-22)25(28)26-17-21-10-7-9-19-8-5-6-13-23(19)21/h2-16,27H,17H2,1H3,(H,26,28). The molecule has 0 aliphatic carbocycles. The summed E-state index contributed by atoms with van der Waals surface area (Å²) in [6, 6.07) is 27.1. The SMILES string of the molecule is Cc1cc(C(=O)NCc2cccc3ccccc23)ccc1NS(=O)(=O)c1ccccc1. The third-order valence-corrected chi connectivity index (χ3v) is 6.49. The number of nitrogens with one attached hydrogen (secondary N) is 2. The summed E-state index contributed by atoms with van der Waals surface area (Å²) in [7, 11) is -3.69. The van der Waals surface area contributed by atoms with Gasteiger partial charge >= 0.3 is 0 Å². The van der Waals surface area contributed by atoms with Gasteiger partial charge in [-0.2, -0.15) is 0 Å². The quantitative estimate of drug-likeness (QED) is 0.458. The highest BCUT2D eigenvalue weighted by molar-refractivity contribution is 7.92. The van der Waals surface area contributed by atoms with Crippen molar-refractivity contribution in [1.82, 2.24) is 5.32 Å². The van der Waals surface area contributed by atoms with Crippen LogP contribution < -0.4 is 10.0 Å². The molecule has 4 aromatic rings. The summed E-state index contributed by atoms with van der Waals surface area (Å²) in [5.41, 5.74) is 2.61. The van der Waals surface area contributed by atoms with E-state index in [-0.39, 0.29) is 10.8 Å². The second-order valence-electron chi connectivity index (χ2n) is 7.27. The fourth-order valence-corrected chi connectivity index (χ4v) is 4.60. The van der Waals surface area contributed by atoms with Crippen molar-refractivity contribution in [2.45, 2.75) is 18.4 Å². The predicted molar refractivity (Wildman–Crippen MR) is 124 cm³/mol. The molecule has 31 heavy (non-hydrogen) atoms.